The first-order valence-corrected chi connectivity index (χ1v) is 11.4. The van der Waals surface area contributed by atoms with Gasteiger partial charge in [-0.2, -0.15) is 15.3 Å². The maximum Gasteiger partial charge on any atom is 0.228 e. The van der Waals surface area contributed by atoms with Crippen LogP contribution in [0.4, 0.5) is 5.95 Å². The van der Waals surface area contributed by atoms with Gasteiger partial charge < -0.3 is 10.6 Å². The van der Waals surface area contributed by atoms with Crippen LogP contribution < -0.4 is 10.6 Å². The molecule has 0 bridgehead atoms. The van der Waals surface area contributed by atoms with Crippen molar-refractivity contribution in [3.8, 4) is 17.3 Å². The quantitative estimate of drug-likeness (QED) is 0.396. The van der Waals surface area contributed by atoms with Crippen molar-refractivity contribution in [2.75, 3.05) is 18.0 Å². The highest BCUT2D eigenvalue weighted by molar-refractivity contribution is 6.43. The van der Waals surface area contributed by atoms with E-state index in [2.05, 4.69) is 26.2 Å². The molecule has 3 N–H and O–H groups in total. The number of anilines is 1. The van der Waals surface area contributed by atoms with Crippen molar-refractivity contribution in [2.45, 2.75) is 18.4 Å². The van der Waals surface area contributed by atoms with Crippen LogP contribution in [0.2, 0.25) is 15.1 Å². The van der Waals surface area contributed by atoms with E-state index in [9.17, 15) is 5.26 Å². The molecular formula is C23H18Cl3N7. The molecule has 33 heavy (non-hydrogen) atoms. The van der Waals surface area contributed by atoms with E-state index in [0.717, 1.165) is 5.56 Å². The highest BCUT2D eigenvalue weighted by Crippen LogP contribution is 2.38. The second-order valence-electron chi connectivity index (χ2n) is 8.00. The summed E-state index contributed by atoms with van der Waals surface area (Å²) in [5.41, 5.74) is 8.89. The summed E-state index contributed by atoms with van der Waals surface area (Å²) in [6.07, 6.45) is 1.35. The summed E-state index contributed by atoms with van der Waals surface area (Å²) in [5, 5.41) is 19.0. The molecule has 2 aromatic heterocycles. The third-order valence-electron chi connectivity index (χ3n) is 6.07. The standard InChI is InChI=1S/C23H18Cl3N7/c24-15-6-2-1-5-14(15)23(28)8-10-33(11-9-23)22-29-17(12-27)18-20(31-32-21(18)30-22)13-4-3-7-16(25)19(13)26/h1-7H,8-11,28H2,(H,29,30,31,32). The zero-order valence-electron chi connectivity index (χ0n) is 17.3. The molecule has 0 spiro atoms. The van der Waals surface area contributed by atoms with Crippen molar-refractivity contribution < 1.29 is 0 Å². The van der Waals surface area contributed by atoms with Gasteiger partial charge in [0, 0.05) is 29.2 Å². The lowest BCUT2D eigenvalue weighted by molar-refractivity contribution is 0.341. The number of benzene rings is 2. The van der Waals surface area contributed by atoms with Crippen LogP contribution in [0, 0.1) is 11.3 Å². The Labute approximate surface area is 205 Å². The Morgan fingerprint density at radius 2 is 1.73 bits per heavy atom. The number of halogens is 3. The van der Waals surface area contributed by atoms with Gasteiger partial charge in [0.25, 0.3) is 0 Å². The number of nitrogens with one attached hydrogen (secondary N) is 1. The molecule has 4 aromatic rings. The first kappa shape index (κ1) is 21.9. The summed E-state index contributed by atoms with van der Waals surface area (Å²) in [6.45, 7) is 1.25. The van der Waals surface area contributed by atoms with Gasteiger partial charge in [-0.05, 0) is 30.5 Å². The Kier molecular flexibility index (Phi) is 5.63. The monoisotopic (exact) mass is 497 g/mol. The normalized spacial score (nSPS) is 15.5. The number of nitrogens with two attached hydrogens (primary N) is 1. The molecule has 7 nitrogen and oxygen atoms in total. The second kappa shape index (κ2) is 8.47. The van der Waals surface area contributed by atoms with Crippen molar-refractivity contribution in [2.24, 2.45) is 5.73 Å². The van der Waals surface area contributed by atoms with Crippen LogP contribution in [0.3, 0.4) is 0 Å². The fraction of sp³-hybridized carbons (Fsp3) is 0.217. The van der Waals surface area contributed by atoms with E-state index < -0.39 is 5.54 Å². The number of nitriles is 1. The fourth-order valence-corrected chi connectivity index (χ4v) is 4.98. The Morgan fingerprint density at radius 1 is 1.00 bits per heavy atom. The molecule has 1 fully saturated rings. The van der Waals surface area contributed by atoms with E-state index in [4.69, 9.17) is 40.5 Å². The highest BCUT2D eigenvalue weighted by Gasteiger charge is 2.35. The molecule has 3 heterocycles. The van der Waals surface area contributed by atoms with Gasteiger partial charge in [-0.15, -0.1) is 0 Å². The molecule has 166 valence electrons. The van der Waals surface area contributed by atoms with Gasteiger partial charge in [0.1, 0.15) is 11.8 Å². The molecule has 1 saturated heterocycles. The first-order valence-electron chi connectivity index (χ1n) is 10.3. The zero-order valence-corrected chi connectivity index (χ0v) is 19.6. The van der Waals surface area contributed by atoms with E-state index >= 15 is 0 Å². The van der Waals surface area contributed by atoms with Crippen molar-refractivity contribution in [1.82, 2.24) is 20.2 Å². The summed E-state index contributed by atoms with van der Waals surface area (Å²) in [7, 11) is 0. The third kappa shape index (κ3) is 3.79. The Morgan fingerprint density at radius 3 is 2.45 bits per heavy atom. The number of aromatic nitrogens is 4. The fourth-order valence-electron chi connectivity index (χ4n) is 4.26. The minimum Gasteiger partial charge on any atom is -0.341 e. The minimum atomic E-state index is -0.526. The van der Waals surface area contributed by atoms with Gasteiger partial charge in [0.05, 0.1) is 15.4 Å². The Balaban J connectivity index is 1.48. The van der Waals surface area contributed by atoms with Gasteiger partial charge >= 0.3 is 0 Å². The smallest absolute Gasteiger partial charge is 0.228 e. The van der Waals surface area contributed by atoms with Crippen molar-refractivity contribution in [3.63, 3.8) is 0 Å². The van der Waals surface area contributed by atoms with Crippen molar-refractivity contribution in [1.29, 1.82) is 5.26 Å². The van der Waals surface area contributed by atoms with Gasteiger partial charge in [0.15, 0.2) is 11.3 Å². The molecule has 2 aromatic carbocycles. The second-order valence-corrected chi connectivity index (χ2v) is 9.20. The topological polar surface area (TPSA) is 108 Å². The summed E-state index contributed by atoms with van der Waals surface area (Å²) < 4.78 is 0. The van der Waals surface area contributed by atoms with E-state index in [1.54, 1.807) is 18.2 Å². The number of aromatic amines is 1. The maximum atomic E-state index is 9.84. The average molecular weight is 499 g/mol. The lowest BCUT2D eigenvalue weighted by Gasteiger charge is -2.40. The van der Waals surface area contributed by atoms with E-state index in [0.29, 0.717) is 69.2 Å². The van der Waals surface area contributed by atoms with E-state index in [1.807, 2.05) is 29.2 Å². The molecule has 5 rings (SSSR count). The SMILES string of the molecule is N#Cc1nc(N2CCC(N)(c3ccccc3Cl)CC2)nc2[nH]nc(-c3cccc(Cl)c3Cl)c12. The van der Waals surface area contributed by atoms with Crippen LogP contribution in [-0.2, 0) is 5.54 Å². The van der Waals surface area contributed by atoms with Crippen molar-refractivity contribution in [3.05, 3.63) is 68.8 Å². The summed E-state index contributed by atoms with van der Waals surface area (Å²) >= 11 is 18.9. The number of hydrogen-bond acceptors (Lipinski definition) is 6. The number of hydrogen-bond donors (Lipinski definition) is 2. The number of nitrogens with zero attached hydrogens (tertiary/aromatic N) is 5. The number of piperidine rings is 1. The third-order valence-corrected chi connectivity index (χ3v) is 7.22. The zero-order chi connectivity index (χ0) is 23.2. The largest absolute Gasteiger partial charge is 0.341 e. The molecule has 1 aliphatic heterocycles. The number of rotatable bonds is 3. The Bertz CT molecular complexity index is 1400. The molecule has 0 saturated carbocycles. The van der Waals surface area contributed by atoms with Crippen LogP contribution in [0.1, 0.15) is 24.1 Å². The van der Waals surface area contributed by atoms with Gasteiger partial charge in [0.2, 0.25) is 5.95 Å². The lowest BCUT2D eigenvalue weighted by atomic mass is 9.82. The van der Waals surface area contributed by atoms with Crippen LogP contribution in [-0.4, -0.2) is 33.3 Å². The predicted octanol–water partition coefficient (Wildman–Crippen LogP) is 5.31. The highest BCUT2D eigenvalue weighted by atomic mass is 35.5. The number of fused-ring (bicyclic) bond motifs is 1. The van der Waals surface area contributed by atoms with Gasteiger partial charge in [-0.3, -0.25) is 5.10 Å². The molecular weight excluding hydrogens is 481 g/mol. The molecule has 0 radical (unpaired) electrons. The predicted molar refractivity (Wildman–Crippen MR) is 131 cm³/mol. The maximum absolute atomic E-state index is 9.84. The number of H-pyrrole nitrogens is 1. The molecule has 0 unspecified atom stereocenters. The summed E-state index contributed by atoms with van der Waals surface area (Å²) in [5.74, 6) is 0.452. The van der Waals surface area contributed by atoms with Crippen LogP contribution in [0.15, 0.2) is 42.5 Å². The molecule has 10 heteroatoms. The summed E-state index contributed by atoms with van der Waals surface area (Å²) in [4.78, 5) is 11.2. The lowest BCUT2D eigenvalue weighted by Crippen LogP contribution is -2.48. The van der Waals surface area contributed by atoms with E-state index in [-0.39, 0.29) is 5.69 Å². The molecule has 0 atom stereocenters. The van der Waals surface area contributed by atoms with Crippen molar-refractivity contribution >= 4 is 51.8 Å². The average Bonchev–Trinajstić information content (AvgIpc) is 3.25. The Hall–Kier alpha value is -2.89. The summed E-state index contributed by atoms with van der Waals surface area (Å²) in [6, 6.07) is 15.1. The van der Waals surface area contributed by atoms with Gasteiger partial charge in [-0.1, -0.05) is 65.1 Å². The molecule has 0 aliphatic carbocycles. The van der Waals surface area contributed by atoms with Crippen LogP contribution in [0.5, 0.6) is 0 Å². The first-order chi connectivity index (χ1) is 15.9. The van der Waals surface area contributed by atoms with Crippen LogP contribution >= 0.6 is 34.8 Å². The molecule has 1 aliphatic rings. The molecule has 0 amide bonds. The van der Waals surface area contributed by atoms with Crippen LogP contribution in [0.25, 0.3) is 22.3 Å². The van der Waals surface area contributed by atoms with Gasteiger partial charge in [-0.25, -0.2) is 4.98 Å². The minimum absolute atomic E-state index is 0.213. The van der Waals surface area contributed by atoms with E-state index in [1.165, 1.54) is 0 Å².